The van der Waals surface area contributed by atoms with Crippen LogP contribution in [0.4, 0.5) is 17.1 Å². The second kappa shape index (κ2) is 36.2. The van der Waals surface area contributed by atoms with Crippen LogP contribution in [-0.4, -0.2) is 255 Å². The van der Waals surface area contributed by atoms with Crippen molar-refractivity contribution in [3.63, 3.8) is 0 Å². The summed E-state index contributed by atoms with van der Waals surface area (Å²) >= 11 is 15.8. The summed E-state index contributed by atoms with van der Waals surface area (Å²) in [6, 6.07) is 0. The molecule has 0 saturated carbocycles. The Morgan fingerprint density at radius 1 is 0.381 bits per heavy atom. The van der Waals surface area contributed by atoms with Crippen molar-refractivity contribution < 1.29 is 94.2 Å². The van der Waals surface area contributed by atoms with Crippen LogP contribution in [0.15, 0.2) is 0 Å². The summed E-state index contributed by atoms with van der Waals surface area (Å²) in [7, 11) is 3.96. The van der Waals surface area contributed by atoms with Crippen LogP contribution < -0.4 is 26.6 Å². The van der Waals surface area contributed by atoms with Gasteiger partial charge in [-0.05, 0) is 203 Å². The van der Waals surface area contributed by atoms with Crippen molar-refractivity contribution >= 4 is 274 Å². The fraction of sp³-hybridized carbons (Fsp3) is 0.426. The van der Waals surface area contributed by atoms with Gasteiger partial charge in [-0.15, -0.1) is 0 Å². The lowest BCUT2D eigenvalue weighted by Gasteiger charge is -2.29. The molecule has 0 aromatic heterocycles. The molecule has 15 N–H and O–H groups in total. The summed E-state index contributed by atoms with van der Waals surface area (Å²) in [4.78, 5) is 128. The Labute approximate surface area is 602 Å². The minimum atomic E-state index is -1.70. The highest BCUT2D eigenvalue weighted by atomic mass is 127. The topological polar surface area (TPSA) is 429 Å². The number of nitrogens with one attached hydrogen (secondary N) is 5. The summed E-state index contributed by atoms with van der Waals surface area (Å²) in [6.45, 7) is -8.36. The number of likely N-dealkylation sites (N-methyl/N-ethyl adjacent to an activating group) is 3. The second-order valence-electron chi connectivity index (χ2n) is 17.8. The predicted octanol–water partition coefficient (Wildman–Crippen LogP) is -0.141. The molecule has 3 aromatic carbocycles. The first-order valence-electron chi connectivity index (χ1n) is 23.8. The second-order valence-corrected chi connectivity index (χ2v) is 27.5. The molecule has 0 fully saturated rings. The molecule has 3 aromatic rings. The molecule has 28 nitrogen and oxygen atoms in total. The van der Waals surface area contributed by atoms with Crippen molar-refractivity contribution in [2.24, 2.45) is 0 Å². The summed E-state index contributed by atoms with van der Waals surface area (Å²) in [5, 5.41) is 113. The van der Waals surface area contributed by atoms with E-state index >= 15 is 4.79 Å². The number of nitrogens with zero attached hydrogens (tertiary/aromatic N) is 4. The zero-order chi connectivity index (χ0) is 63.9. The van der Waals surface area contributed by atoms with Gasteiger partial charge < -0.3 is 97.2 Å². The van der Waals surface area contributed by atoms with E-state index in [0.29, 0.717) is 0 Å². The molecular formula is C47H54I9N9O19. The average molecular weight is 2190 g/mol. The largest absolute Gasteiger partial charge is 0.394 e. The highest BCUT2D eigenvalue weighted by Crippen LogP contribution is 2.40. The van der Waals surface area contributed by atoms with Gasteiger partial charge in [0.1, 0.15) is 19.8 Å². The van der Waals surface area contributed by atoms with E-state index in [4.69, 9.17) is 0 Å². The van der Waals surface area contributed by atoms with Crippen LogP contribution in [0.5, 0.6) is 0 Å². The van der Waals surface area contributed by atoms with Crippen molar-refractivity contribution in [1.82, 2.24) is 30.2 Å². The fourth-order valence-electron chi connectivity index (χ4n) is 7.40. The third-order valence-corrected chi connectivity index (χ3v) is 21.2. The van der Waals surface area contributed by atoms with Crippen LogP contribution in [0.3, 0.4) is 0 Å². The monoisotopic (exact) mass is 2190 g/mol. The Morgan fingerprint density at radius 3 is 0.952 bits per heavy atom. The summed E-state index contributed by atoms with van der Waals surface area (Å²) < 4.78 is 0.723. The lowest BCUT2D eigenvalue weighted by atomic mass is 10.1. The Morgan fingerprint density at radius 2 is 0.655 bits per heavy atom. The van der Waals surface area contributed by atoms with E-state index in [9.17, 15) is 89.4 Å². The molecule has 0 bridgehead atoms. The van der Waals surface area contributed by atoms with E-state index in [1.165, 1.54) is 21.1 Å². The lowest BCUT2D eigenvalue weighted by molar-refractivity contribution is -0.119. The molecule has 0 radical (unpaired) electrons. The predicted molar refractivity (Wildman–Crippen MR) is 378 cm³/mol. The van der Waals surface area contributed by atoms with Gasteiger partial charge in [-0.1, -0.05) is 0 Å². The molecule has 0 spiro atoms. The van der Waals surface area contributed by atoms with E-state index in [-0.39, 0.29) is 102 Å². The number of rotatable bonds is 28. The molecule has 0 aliphatic carbocycles. The number of benzene rings is 3. The van der Waals surface area contributed by atoms with Crippen molar-refractivity contribution in [2.45, 2.75) is 24.4 Å². The van der Waals surface area contributed by atoms with Crippen molar-refractivity contribution in [3.8, 4) is 0 Å². The van der Waals surface area contributed by atoms with Gasteiger partial charge in [0.15, 0.2) is 0 Å². The number of aliphatic hydroxyl groups excluding tert-OH is 10. The first-order chi connectivity index (χ1) is 39.3. The van der Waals surface area contributed by atoms with Gasteiger partial charge in [-0.3, -0.25) is 43.2 Å². The number of anilines is 3. The van der Waals surface area contributed by atoms with Gasteiger partial charge in [0.05, 0.1) is 116 Å². The van der Waals surface area contributed by atoms with Crippen molar-refractivity contribution in [2.75, 3.05) is 123 Å². The molecule has 4 atom stereocenters. The van der Waals surface area contributed by atoms with Crippen LogP contribution in [0.25, 0.3) is 0 Å². The molecule has 9 amide bonds. The molecule has 0 aliphatic rings. The van der Waals surface area contributed by atoms with E-state index in [2.05, 4.69) is 26.6 Å². The van der Waals surface area contributed by atoms with E-state index < -0.39 is 143 Å². The van der Waals surface area contributed by atoms with Crippen molar-refractivity contribution in [3.05, 3.63) is 65.5 Å². The van der Waals surface area contributed by atoms with Gasteiger partial charge in [0.2, 0.25) is 17.7 Å². The normalized spacial score (nSPS) is 12.5. The molecular weight excluding hydrogens is 2140 g/mol. The Balaban J connectivity index is 2.28. The highest BCUT2D eigenvalue weighted by Gasteiger charge is 2.36. The summed E-state index contributed by atoms with van der Waals surface area (Å²) in [6.07, 6.45) is -5.76. The van der Waals surface area contributed by atoms with Crippen molar-refractivity contribution in [1.29, 1.82) is 0 Å². The fourth-order valence-corrected chi connectivity index (χ4v) is 20.5. The smallest absolute Gasteiger partial charge is 0.256 e. The van der Waals surface area contributed by atoms with Gasteiger partial charge in [-0.25, -0.2) is 0 Å². The number of carbonyl (C=O) groups excluding carboxylic acids is 9. The average Bonchev–Trinajstić information content (AvgIpc) is 1.63. The molecule has 0 saturated heterocycles. The van der Waals surface area contributed by atoms with Gasteiger partial charge >= 0.3 is 0 Å². The van der Waals surface area contributed by atoms with Gasteiger partial charge in [0, 0.05) is 77.7 Å². The number of halogens is 9. The molecule has 4 unspecified atom stereocenters. The van der Waals surface area contributed by atoms with Crippen LogP contribution in [0.1, 0.15) is 62.1 Å². The van der Waals surface area contributed by atoms with E-state index in [1.54, 1.807) is 203 Å². The van der Waals surface area contributed by atoms with Crippen LogP contribution in [-0.2, 0) is 14.4 Å². The van der Waals surface area contributed by atoms with E-state index in [0.717, 1.165) is 19.6 Å². The Hall–Kier alpha value is -0.940. The number of carbonyl (C=O) groups is 9. The van der Waals surface area contributed by atoms with Gasteiger partial charge in [0.25, 0.3) is 35.4 Å². The maximum Gasteiger partial charge on any atom is 0.256 e. The first kappa shape index (κ1) is 77.3. The minimum absolute atomic E-state index is 0.0106. The summed E-state index contributed by atoms with van der Waals surface area (Å²) in [5.74, 6) is -7.73. The number of hydrogen-bond acceptors (Lipinski definition) is 19. The number of aliphatic hydroxyl groups is 10. The molecule has 3 rings (SSSR count). The zero-order valence-electron chi connectivity index (χ0n) is 43.8. The first-order valence-corrected chi connectivity index (χ1v) is 33.5. The highest BCUT2D eigenvalue weighted by molar-refractivity contribution is 14.1. The Kier molecular flexibility index (Phi) is 33.3. The lowest BCUT2D eigenvalue weighted by Crippen LogP contribution is -2.46. The minimum Gasteiger partial charge on any atom is -0.394 e. The molecule has 0 aliphatic heterocycles. The quantitative estimate of drug-likeness (QED) is 0.0421. The third-order valence-electron chi connectivity index (χ3n) is 11.5. The van der Waals surface area contributed by atoms with Gasteiger partial charge in [-0.2, -0.15) is 0 Å². The Bertz CT molecular complexity index is 3040. The number of amides is 9. The molecule has 84 heavy (non-hydrogen) atoms. The number of hydrogen-bond donors (Lipinski definition) is 15. The molecule has 464 valence electrons. The third kappa shape index (κ3) is 19.8. The summed E-state index contributed by atoms with van der Waals surface area (Å²) in [5.41, 5.74) is -1.15. The molecule has 0 heterocycles. The van der Waals surface area contributed by atoms with E-state index in [1.807, 2.05) is 0 Å². The maximum atomic E-state index is 15.3. The zero-order valence-corrected chi connectivity index (χ0v) is 63.3. The SMILES string of the molecule is CN(CC(O)CO)C(=O)c1c(I)c(NC(=O)CO)c(I)c(C(=O)NCCN(CC(O)CNC(=O)c2c(I)c(NC(=O)CO)c(I)c(C(=O)N(C)CC(O)CO)c2I)C(=O)c2c(I)c(NC(=O)CO)c(I)c(C(=O)N(C)CC(O)CO)c2I)c1I. The van der Waals surface area contributed by atoms with Crippen LogP contribution in [0, 0.1) is 32.1 Å². The maximum absolute atomic E-state index is 15.3. The van der Waals surface area contributed by atoms with Crippen LogP contribution in [0.2, 0.25) is 0 Å². The van der Waals surface area contributed by atoms with Crippen LogP contribution >= 0.6 is 203 Å². The molecule has 37 heteroatoms. The standard InChI is InChI=1S/C47H54I9N9O19/c1-62(7-18(73)11-66)44(81)26-30(48)24(33(51)39(35(26)53)59-21(76)14-69)42(79)57-4-5-65(47(84)29-32(50)28(46(83)64(3)9-20(75)13-68)37(55)41(38(29)56)61-23(78)16-71)10-17(72)6-58-43(80)25-31(49)27(45(82)63(2)8-19(74)12-67)36(54)40(34(25)52)60-22(77)15-70/h17-20,66-75H,4-16H2,1-3H3,(H,57,79)(H,58,80)(H,59,76)(H,60,77)(H,61,78).